The van der Waals surface area contributed by atoms with Crippen molar-refractivity contribution < 1.29 is 18.7 Å². The van der Waals surface area contributed by atoms with Gasteiger partial charge in [0.1, 0.15) is 5.82 Å². The second-order valence-corrected chi connectivity index (χ2v) is 5.56. The van der Waals surface area contributed by atoms with Crippen molar-refractivity contribution in [1.82, 2.24) is 0 Å². The van der Waals surface area contributed by atoms with E-state index in [1.807, 2.05) is 6.92 Å². The Kier molecular flexibility index (Phi) is 6.51. The first-order valence-corrected chi connectivity index (χ1v) is 8.11. The molecule has 0 aliphatic rings. The minimum absolute atomic E-state index is 0.364. The highest BCUT2D eigenvalue weighted by Crippen LogP contribution is 2.18. The molecule has 2 N–H and O–H groups in total. The number of halogens is 1. The lowest BCUT2D eigenvalue weighted by Gasteiger charge is -2.10. The number of rotatable bonds is 6. The zero-order valence-corrected chi connectivity index (χ0v) is 14.3. The summed E-state index contributed by atoms with van der Waals surface area (Å²) in [5, 5.41) is 5.22. The molecule has 0 saturated heterocycles. The number of carbonyl (C=O) groups is 2. The Balaban J connectivity index is 1.93. The Labute approximate surface area is 146 Å². The van der Waals surface area contributed by atoms with Gasteiger partial charge in [-0.15, -0.1) is 0 Å². The number of urea groups is 1. The van der Waals surface area contributed by atoms with Gasteiger partial charge in [-0.2, -0.15) is 0 Å². The largest absolute Gasteiger partial charge is 0.462 e. The summed E-state index contributed by atoms with van der Waals surface area (Å²) in [4.78, 5) is 23.8. The quantitative estimate of drug-likeness (QED) is 0.588. The molecule has 5 nitrogen and oxygen atoms in total. The van der Waals surface area contributed by atoms with E-state index in [2.05, 4.69) is 10.6 Å². The van der Waals surface area contributed by atoms with Gasteiger partial charge in [0.2, 0.25) is 0 Å². The molecule has 0 saturated carbocycles. The van der Waals surface area contributed by atoms with Gasteiger partial charge in [0.15, 0.2) is 0 Å². The smallest absolute Gasteiger partial charge is 0.338 e. The number of ether oxygens (including phenoxy) is 1. The van der Waals surface area contributed by atoms with Crippen molar-refractivity contribution in [2.45, 2.75) is 26.7 Å². The summed E-state index contributed by atoms with van der Waals surface area (Å²) < 4.78 is 18.6. The first-order valence-electron chi connectivity index (χ1n) is 8.11. The highest BCUT2D eigenvalue weighted by Gasteiger charge is 2.09. The molecule has 0 aliphatic heterocycles. The maximum atomic E-state index is 13.5. The number of amides is 2. The Morgan fingerprint density at radius 1 is 1.08 bits per heavy atom. The number of esters is 1. The molecular weight excluding hydrogens is 323 g/mol. The van der Waals surface area contributed by atoms with E-state index in [4.69, 9.17) is 4.74 Å². The summed E-state index contributed by atoms with van der Waals surface area (Å²) in [7, 11) is 0. The number of nitrogens with one attached hydrogen (secondary N) is 2. The molecule has 25 heavy (non-hydrogen) atoms. The molecule has 2 amide bonds. The molecule has 0 radical (unpaired) electrons. The minimum atomic E-state index is -0.494. The number of carbonyl (C=O) groups excluding carboxylic acids is 2. The Morgan fingerprint density at radius 2 is 1.80 bits per heavy atom. The summed E-state index contributed by atoms with van der Waals surface area (Å²) in [6.45, 7) is 4.00. The molecule has 0 atom stereocenters. The average Bonchev–Trinajstić information content (AvgIpc) is 2.59. The predicted molar refractivity (Wildman–Crippen MR) is 95.4 cm³/mol. The summed E-state index contributed by atoms with van der Waals surface area (Å²) in [6.07, 6.45) is 1.78. The molecule has 0 aliphatic carbocycles. The fraction of sp³-hybridized carbons (Fsp3) is 0.263. The standard InChI is InChI=1S/C19H21FN2O3/c1-3-4-12-25-18(23)14-8-10-15(11-9-14)21-19(24)22-17-7-5-6-16(20)13(17)2/h5-11H,3-4,12H2,1-2H3,(H2,21,22,24). The van der Waals surface area contributed by atoms with Crippen LogP contribution in [0.4, 0.5) is 20.6 Å². The number of unbranched alkanes of at least 4 members (excludes halogenated alkanes) is 1. The van der Waals surface area contributed by atoms with Gasteiger partial charge in [-0.1, -0.05) is 19.4 Å². The molecule has 0 aromatic heterocycles. The van der Waals surface area contributed by atoms with E-state index in [1.165, 1.54) is 12.1 Å². The van der Waals surface area contributed by atoms with Crippen LogP contribution in [0.15, 0.2) is 42.5 Å². The van der Waals surface area contributed by atoms with Gasteiger partial charge in [-0.25, -0.2) is 14.0 Å². The molecule has 132 valence electrons. The van der Waals surface area contributed by atoms with Crippen molar-refractivity contribution >= 4 is 23.4 Å². The lowest BCUT2D eigenvalue weighted by atomic mass is 10.2. The maximum absolute atomic E-state index is 13.5. The highest BCUT2D eigenvalue weighted by molar-refractivity contribution is 6.00. The zero-order valence-electron chi connectivity index (χ0n) is 14.3. The molecule has 0 spiro atoms. The van der Waals surface area contributed by atoms with E-state index in [-0.39, 0.29) is 11.8 Å². The fourth-order valence-corrected chi connectivity index (χ4v) is 2.11. The SMILES string of the molecule is CCCCOC(=O)c1ccc(NC(=O)Nc2cccc(F)c2C)cc1. The summed E-state index contributed by atoms with van der Waals surface area (Å²) >= 11 is 0. The van der Waals surface area contributed by atoms with Gasteiger partial charge in [0, 0.05) is 16.9 Å². The van der Waals surface area contributed by atoms with Gasteiger partial charge in [-0.05, 0) is 49.7 Å². The van der Waals surface area contributed by atoms with E-state index < -0.39 is 6.03 Å². The third kappa shape index (κ3) is 5.31. The lowest BCUT2D eigenvalue weighted by Crippen LogP contribution is -2.20. The minimum Gasteiger partial charge on any atom is -0.462 e. The van der Waals surface area contributed by atoms with Crippen LogP contribution in [-0.2, 0) is 4.74 Å². The second kappa shape index (κ2) is 8.82. The van der Waals surface area contributed by atoms with E-state index in [0.717, 1.165) is 12.8 Å². The zero-order chi connectivity index (χ0) is 18.2. The van der Waals surface area contributed by atoms with Crippen molar-refractivity contribution in [1.29, 1.82) is 0 Å². The van der Waals surface area contributed by atoms with Gasteiger partial charge in [0.05, 0.1) is 12.2 Å². The Morgan fingerprint density at radius 3 is 2.48 bits per heavy atom. The van der Waals surface area contributed by atoms with Crippen LogP contribution in [0, 0.1) is 12.7 Å². The molecule has 6 heteroatoms. The van der Waals surface area contributed by atoms with E-state index in [0.29, 0.717) is 29.1 Å². The Bertz CT molecular complexity index is 745. The van der Waals surface area contributed by atoms with Crippen molar-refractivity contribution in [2.75, 3.05) is 17.2 Å². The van der Waals surface area contributed by atoms with Crippen molar-refractivity contribution in [2.24, 2.45) is 0 Å². The summed E-state index contributed by atoms with van der Waals surface area (Å²) in [6, 6.07) is 10.4. The highest BCUT2D eigenvalue weighted by atomic mass is 19.1. The number of hydrogen-bond acceptors (Lipinski definition) is 3. The second-order valence-electron chi connectivity index (χ2n) is 5.56. The number of hydrogen-bond donors (Lipinski definition) is 2. The van der Waals surface area contributed by atoms with Crippen molar-refractivity contribution in [3.05, 3.63) is 59.4 Å². The molecule has 0 fully saturated rings. The van der Waals surface area contributed by atoms with Crippen LogP contribution in [0.2, 0.25) is 0 Å². The predicted octanol–water partition coefficient (Wildman–Crippen LogP) is 4.74. The van der Waals surface area contributed by atoms with Crippen LogP contribution in [0.5, 0.6) is 0 Å². The van der Waals surface area contributed by atoms with Crippen molar-refractivity contribution in [3.8, 4) is 0 Å². The monoisotopic (exact) mass is 344 g/mol. The van der Waals surface area contributed by atoms with Crippen LogP contribution in [0.3, 0.4) is 0 Å². The number of benzene rings is 2. The first-order chi connectivity index (χ1) is 12.0. The molecule has 0 unspecified atom stereocenters. The molecule has 0 bridgehead atoms. The van der Waals surface area contributed by atoms with Gasteiger partial charge in [0.25, 0.3) is 0 Å². The van der Waals surface area contributed by atoms with Gasteiger partial charge in [-0.3, -0.25) is 0 Å². The molecule has 0 heterocycles. The van der Waals surface area contributed by atoms with Crippen molar-refractivity contribution in [3.63, 3.8) is 0 Å². The van der Waals surface area contributed by atoms with Crippen LogP contribution in [0.25, 0.3) is 0 Å². The summed E-state index contributed by atoms with van der Waals surface area (Å²) in [5.74, 6) is -0.774. The third-order valence-corrected chi connectivity index (χ3v) is 3.63. The lowest BCUT2D eigenvalue weighted by molar-refractivity contribution is 0.0500. The molecule has 2 rings (SSSR count). The molecule has 2 aromatic carbocycles. The first kappa shape index (κ1) is 18.4. The third-order valence-electron chi connectivity index (χ3n) is 3.63. The maximum Gasteiger partial charge on any atom is 0.338 e. The molecule has 2 aromatic rings. The van der Waals surface area contributed by atoms with Gasteiger partial charge >= 0.3 is 12.0 Å². The van der Waals surface area contributed by atoms with Crippen LogP contribution in [0.1, 0.15) is 35.7 Å². The van der Waals surface area contributed by atoms with E-state index in [1.54, 1.807) is 37.3 Å². The normalized spacial score (nSPS) is 10.2. The van der Waals surface area contributed by atoms with E-state index >= 15 is 0 Å². The number of anilines is 2. The molecular formula is C19H21FN2O3. The summed E-state index contributed by atoms with van der Waals surface area (Å²) in [5.41, 5.74) is 1.69. The van der Waals surface area contributed by atoms with Crippen LogP contribution >= 0.6 is 0 Å². The van der Waals surface area contributed by atoms with E-state index in [9.17, 15) is 14.0 Å². The van der Waals surface area contributed by atoms with Crippen LogP contribution in [-0.4, -0.2) is 18.6 Å². The van der Waals surface area contributed by atoms with Gasteiger partial charge < -0.3 is 15.4 Å². The Hall–Kier alpha value is -2.89. The average molecular weight is 344 g/mol. The van der Waals surface area contributed by atoms with Crippen LogP contribution < -0.4 is 10.6 Å². The fourth-order valence-electron chi connectivity index (χ4n) is 2.11. The topological polar surface area (TPSA) is 67.4 Å².